The molecule has 0 saturated heterocycles. The van der Waals surface area contributed by atoms with Crippen molar-refractivity contribution < 1.29 is 14.3 Å². The molecule has 2 aromatic carbocycles. The zero-order chi connectivity index (χ0) is 21.0. The van der Waals surface area contributed by atoms with E-state index in [1.54, 1.807) is 10.9 Å². The molecule has 1 amide bonds. The first-order valence-electron chi connectivity index (χ1n) is 9.80. The summed E-state index contributed by atoms with van der Waals surface area (Å²) in [7, 11) is 0. The highest BCUT2D eigenvalue weighted by atomic mass is 32.2. The Morgan fingerprint density at radius 1 is 1.10 bits per heavy atom. The van der Waals surface area contributed by atoms with Gasteiger partial charge in [-0.25, -0.2) is 14.6 Å². The van der Waals surface area contributed by atoms with Crippen LogP contribution in [0.4, 0.5) is 0 Å². The third-order valence-corrected chi connectivity index (χ3v) is 5.77. The van der Waals surface area contributed by atoms with E-state index in [1.165, 1.54) is 18.1 Å². The quantitative estimate of drug-likeness (QED) is 0.369. The predicted octanol–water partition coefficient (Wildman–Crippen LogP) is 2.86. The Hall–Kier alpha value is -3.59. The number of aromatic nitrogens is 4. The van der Waals surface area contributed by atoms with Gasteiger partial charge in [-0.2, -0.15) is 5.10 Å². The molecule has 31 heavy (non-hydrogen) atoms. The van der Waals surface area contributed by atoms with E-state index in [0.29, 0.717) is 29.6 Å². The van der Waals surface area contributed by atoms with Crippen LogP contribution < -0.4 is 14.8 Å². The van der Waals surface area contributed by atoms with Gasteiger partial charge in [-0.1, -0.05) is 42.1 Å². The van der Waals surface area contributed by atoms with E-state index >= 15 is 0 Å². The molecule has 1 aliphatic heterocycles. The Kier molecular flexibility index (Phi) is 5.40. The van der Waals surface area contributed by atoms with E-state index in [9.17, 15) is 4.79 Å². The highest BCUT2D eigenvalue weighted by Crippen LogP contribution is 2.30. The molecule has 1 N–H and O–H groups in total. The first kappa shape index (κ1) is 19.4. The predicted molar refractivity (Wildman–Crippen MR) is 117 cm³/mol. The normalized spacial score (nSPS) is 15.0. The molecule has 4 aromatic rings. The largest absolute Gasteiger partial charge is 0.486 e. The molecule has 0 unspecified atom stereocenters. The molecule has 3 heterocycles. The summed E-state index contributed by atoms with van der Waals surface area (Å²) in [5, 5.41) is 8.87. The summed E-state index contributed by atoms with van der Waals surface area (Å²) in [6, 6.07) is 17.3. The maximum atomic E-state index is 12.4. The van der Waals surface area contributed by atoms with Crippen LogP contribution in [0, 0.1) is 0 Å². The van der Waals surface area contributed by atoms with Crippen LogP contribution in [0.15, 0.2) is 72.1 Å². The van der Waals surface area contributed by atoms with Crippen molar-refractivity contribution in [3.05, 3.63) is 67.1 Å². The van der Waals surface area contributed by atoms with Gasteiger partial charge in [0.2, 0.25) is 5.91 Å². The summed E-state index contributed by atoms with van der Waals surface area (Å²) in [6.45, 7) is 0.772. The first-order chi connectivity index (χ1) is 15.3. The van der Waals surface area contributed by atoms with Crippen molar-refractivity contribution in [3.8, 4) is 17.2 Å². The number of rotatable bonds is 6. The van der Waals surface area contributed by atoms with Gasteiger partial charge in [-0.15, -0.1) is 0 Å². The Bertz CT molecular complexity index is 1210. The number of amides is 1. The number of ether oxygens (including phenoxy) is 2. The number of hydrogen-bond donors (Lipinski definition) is 1. The number of thioether (sulfide) groups is 1. The van der Waals surface area contributed by atoms with Crippen LogP contribution in [0.5, 0.6) is 11.5 Å². The lowest BCUT2D eigenvalue weighted by atomic mass is 10.2. The van der Waals surface area contributed by atoms with Crippen LogP contribution in [0.1, 0.15) is 0 Å². The Balaban J connectivity index is 1.19. The van der Waals surface area contributed by atoms with Crippen LogP contribution >= 0.6 is 11.8 Å². The summed E-state index contributed by atoms with van der Waals surface area (Å²) in [6.07, 6.45) is 3.00. The van der Waals surface area contributed by atoms with Crippen LogP contribution in [0.3, 0.4) is 0 Å². The molecule has 156 valence electrons. The molecule has 0 aliphatic carbocycles. The molecular formula is C22H19N5O3S. The molecule has 1 atom stereocenters. The minimum absolute atomic E-state index is 0.102. The number of hydrogen-bond acceptors (Lipinski definition) is 7. The molecule has 0 saturated carbocycles. The molecule has 5 rings (SSSR count). The molecule has 0 fully saturated rings. The lowest BCUT2D eigenvalue weighted by Gasteiger charge is -2.26. The third-order valence-electron chi connectivity index (χ3n) is 4.76. The fourth-order valence-corrected chi connectivity index (χ4v) is 4.06. The molecule has 0 bridgehead atoms. The fraction of sp³-hybridized carbons (Fsp3) is 0.182. The maximum Gasteiger partial charge on any atom is 0.230 e. The molecule has 2 aromatic heterocycles. The average Bonchev–Trinajstić information content (AvgIpc) is 3.26. The van der Waals surface area contributed by atoms with Crippen molar-refractivity contribution in [1.29, 1.82) is 0 Å². The van der Waals surface area contributed by atoms with Crippen molar-refractivity contribution in [2.24, 2.45) is 0 Å². The second-order valence-corrected chi connectivity index (χ2v) is 7.86. The van der Waals surface area contributed by atoms with Gasteiger partial charge in [0.15, 0.2) is 17.1 Å². The van der Waals surface area contributed by atoms with Gasteiger partial charge in [0.05, 0.1) is 29.6 Å². The molecule has 9 heteroatoms. The number of fused-ring (bicyclic) bond motifs is 2. The summed E-state index contributed by atoms with van der Waals surface area (Å²) >= 11 is 1.35. The minimum Gasteiger partial charge on any atom is -0.486 e. The van der Waals surface area contributed by atoms with Crippen molar-refractivity contribution in [2.75, 3.05) is 18.9 Å². The lowest BCUT2D eigenvalue weighted by Crippen LogP contribution is -2.41. The van der Waals surface area contributed by atoms with Gasteiger partial charge in [-0.3, -0.25) is 4.79 Å². The van der Waals surface area contributed by atoms with E-state index < -0.39 is 0 Å². The van der Waals surface area contributed by atoms with Crippen molar-refractivity contribution in [1.82, 2.24) is 25.1 Å². The zero-order valence-corrected chi connectivity index (χ0v) is 17.3. The van der Waals surface area contributed by atoms with E-state index in [2.05, 4.69) is 20.4 Å². The Labute approximate surface area is 182 Å². The van der Waals surface area contributed by atoms with Gasteiger partial charge in [0.1, 0.15) is 24.1 Å². The van der Waals surface area contributed by atoms with E-state index in [1.807, 2.05) is 54.6 Å². The third kappa shape index (κ3) is 4.17. The highest BCUT2D eigenvalue weighted by Gasteiger charge is 2.21. The van der Waals surface area contributed by atoms with Gasteiger partial charge in [-0.05, 0) is 24.3 Å². The highest BCUT2D eigenvalue weighted by molar-refractivity contribution is 8.00. The van der Waals surface area contributed by atoms with Gasteiger partial charge < -0.3 is 14.8 Å². The second-order valence-electron chi connectivity index (χ2n) is 6.90. The van der Waals surface area contributed by atoms with E-state index in [4.69, 9.17) is 9.47 Å². The molecular weight excluding hydrogens is 414 g/mol. The van der Waals surface area contributed by atoms with E-state index in [0.717, 1.165) is 16.8 Å². The van der Waals surface area contributed by atoms with Crippen molar-refractivity contribution in [3.63, 3.8) is 0 Å². The molecule has 0 spiro atoms. The van der Waals surface area contributed by atoms with Crippen LogP contribution in [0.2, 0.25) is 0 Å². The summed E-state index contributed by atoms with van der Waals surface area (Å²) in [4.78, 5) is 21.1. The number of nitrogens with zero attached hydrogens (tertiary/aromatic N) is 4. The Morgan fingerprint density at radius 3 is 2.77 bits per heavy atom. The zero-order valence-electron chi connectivity index (χ0n) is 16.5. The number of benzene rings is 2. The monoisotopic (exact) mass is 433 g/mol. The number of nitrogens with one attached hydrogen (secondary N) is 1. The smallest absolute Gasteiger partial charge is 0.230 e. The SMILES string of the molecule is O=C(CSc1ncnc2c1cnn2-c1ccccc1)NC[C@H]1COc2ccccc2O1. The molecule has 1 aliphatic rings. The number of carbonyl (C=O) groups is 1. The summed E-state index contributed by atoms with van der Waals surface area (Å²) < 4.78 is 13.3. The van der Waals surface area contributed by atoms with Gasteiger partial charge in [0, 0.05) is 0 Å². The number of para-hydroxylation sites is 3. The maximum absolute atomic E-state index is 12.4. The Morgan fingerprint density at radius 2 is 1.90 bits per heavy atom. The van der Waals surface area contributed by atoms with Gasteiger partial charge >= 0.3 is 0 Å². The van der Waals surface area contributed by atoms with Crippen molar-refractivity contribution in [2.45, 2.75) is 11.1 Å². The standard InChI is InChI=1S/C22H19N5O3S/c28-20(23-10-16-12-29-18-8-4-5-9-19(18)30-16)13-31-22-17-11-26-27(21(17)24-14-25-22)15-6-2-1-3-7-15/h1-9,11,14,16H,10,12-13H2,(H,23,28)/t16-/m0/s1. The lowest BCUT2D eigenvalue weighted by molar-refractivity contribution is -0.119. The van der Waals surface area contributed by atoms with Crippen LogP contribution in [-0.4, -0.2) is 50.7 Å². The van der Waals surface area contributed by atoms with Gasteiger partial charge in [0.25, 0.3) is 0 Å². The average molecular weight is 433 g/mol. The summed E-state index contributed by atoms with van der Waals surface area (Å²) in [5.74, 6) is 1.55. The molecule has 8 nitrogen and oxygen atoms in total. The minimum atomic E-state index is -0.223. The van der Waals surface area contributed by atoms with Crippen LogP contribution in [-0.2, 0) is 4.79 Å². The van der Waals surface area contributed by atoms with Crippen molar-refractivity contribution >= 4 is 28.7 Å². The summed E-state index contributed by atoms with van der Waals surface area (Å²) in [5.41, 5.74) is 1.62. The molecule has 0 radical (unpaired) electrons. The second kappa shape index (κ2) is 8.65. The topological polar surface area (TPSA) is 91.2 Å². The number of carbonyl (C=O) groups excluding carboxylic acids is 1. The fourth-order valence-electron chi connectivity index (χ4n) is 3.27. The first-order valence-corrected chi connectivity index (χ1v) is 10.8. The van der Waals surface area contributed by atoms with E-state index in [-0.39, 0.29) is 17.8 Å². The van der Waals surface area contributed by atoms with Crippen LogP contribution in [0.25, 0.3) is 16.7 Å².